The summed E-state index contributed by atoms with van der Waals surface area (Å²) in [5.41, 5.74) is 1.71. The van der Waals surface area contributed by atoms with Crippen LogP contribution in [0.4, 0.5) is 0 Å². The number of aliphatic imine (C=N–C) groups is 1. The molecule has 0 spiro atoms. The Morgan fingerprint density at radius 2 is 1.96 bits per heavy atom. The summed E-state index contributed by atoms with van der Waals surface area (Å²) in [7, 11) is 1.84. The molecule has 0 amide bonds. The molecule has 0 aromatic heterocycles. The Bertz CT molecular complexity index is 503. The molecule has 1 aromatic carbocycles. The molecule has 23 heavy (non-hydrogen) atoms. The van der Waals surface area contributed by atoms with Gasteiger partial charge in [-0.15, -0.1) is 0 Å². The Balaban J connectivity index is 1.57. The smallest absolute Gasteiger partial charge is 0.191 e. The van der Waals surface area contributed by atoms with E-state index in [-0.39, 0.29) is 5.41 Å². The first-order chi connectivity index (χ1) is 11.3. The Labute approximate surface area is 139 Å². The highest BCUT2D eigenvalue weighted by Crippen LogP contribution is 2.40. The molecule has 0 radical (unpaired) electrons. The normalized spacial score (nSPS) is 23.9. The average molecular weight is 315 g/mol. The van der Waals surface area contributed by atoms with Crippen LogP contribution in [-0.4, -0.2) is 38.8 Å². The zero-order valence-electron chi connectivity index (χ0n) is 14.2. The van der Waals surface area contributed by atoms with Gasteiger partial charge in [0.25, 0.3) is 0 Å². The molecule has 3 rings (SSSR count). The standard InChI is InChI=1S/C19H29N3O/c1-20-18(21-14-17-10-7-13-23-17)22-15-19(11-5-6-12-19)16-8-3-2-4-9-16/h2-4,8-9,17H,5-7,10-15H2,1H3,(H2,20,21,22). The number of guanidine groups is 1. The lowest BCUT2D eigenvalue weighted by Crippen LogP contribution is -2.46. The van der Waals surface area contributed by atoms with Gasteiger partial charge in [0.05, 0.1) is 6.10 Å². The molecule has 1 heterocycles. The molecular formula is C19H29N3O. The van der Waals surface area contributed by atoms with Crippen LogP contribution in [0.25, 0.3) is 0 Å². The summed E-state index contributed by atoms with van der Waals surface area (Å²) in [6.45, 7) is 2.69. The molecule has 1 aliphatic carbocycles. The average Bonchev–Trinajstić information content (AvgIpc) is 3.28. The van der Waals surface area contributed by atoms with Crippen molar-refractivity contribution in [3.8, 4) is 0 Å². The number of hydrogen-bond acceptors (Lipinski definition) is 2. The van der Waals surface area contributed by atoms with Crippen LogP contribution in [0.2, 0.25) is 0 Å². The molecule has 2 fully saturated rings. The summed E-state index contributed by atoms with van der Waals surface area (Å²) in [6.07, 6.45) is 7.81. The van der Waals surface area contributed by atoms with Crippen molar-refractivity contribution in [1.29, 1.82) is 0 Å². The number of benzene rings is 1. The lowest BCUT2D eigenvalue weighted by Gasteiger charge is -2.31. The van der Waals surface area contributed by atoms with Crippen molar-refractivity contribution in [2.75, 3.05) is 26.7 Å². The third-order valence-electron chi connectivity index (χ3n) is 5.29. The van der Waals surface area contributed by atoms with Crippen molar-refractivity contribution in [3.05, 3.63) is 35.9 Å². The zero-order valence-corrected chi connectivity index (χ0v) is 14.2. The van der Waals surface area contributed by atoms with Crippen LogP contribution in [-0.2, 0) is 10.2 Å². The predicted octanol–water partition coefficient (Wildman–Crippen LogP) is 2.84. The predicted molar refractivity (Wildman–Crippen MR) is 94.9 cm³/mol. The molecule has 1 aliphatic heterocycles. The van der Waals surface area contributed by atoms with Gasteiger partial charge in [-0.25, -0.2) is 0 Å². The van der Waals surface area contributed by atoms with E-state index in [0.29, 0.717) is 6.10 Å². The van der Waals surface area contributed by atoms with E-state index in [1.54, 1.807) is 0 Å². The van der Waals surface area contributed by atoms with Crippen LogP contribution in [0.5, 0.6) is 0 Å². The Morgan fingerprint density at radius 1 is 1.17 bits per heavy atom. The molecule has 2 N–H and O–H groups in total. The Hall–Kier alpha value is -1.55. The highest BCUT2D eigenvalue weighted by molar-refractivity contribution is 5.79. The Kier molecular flexibility index (Phi) is 5.55. The highest BCUT2D eigenvalue weighted by atomic mass is 16.5. The van der Waals surface area contributed by atoms with Crippen LogP contribution in [0.1, 0.15) is 44.1 Å². The fourth-order valence-corrected chi connectivity index (χ4v) is 3.90. The number of rotatable bonds is 5. The molecule has 126 valence electrons. The highest BCUT2D eigenvalue weighted by Gasteiger charge is 2.35. The van der Waals surface area contributed by atoms with Crippen molar-refractivity contribution < 1.29 is 4.74 Å². The van der Waals surface area contributed by atoms with Gasteiger partial charge in [0.15, 0.2) is 5.96 Å². The lowest BCUT2D eigenvalue weighted by atomic mass is 9.79. The fraction of sp³-hybridized carbons (Fsp3) is 0.632. The van der Waals surface area contributed by atoms with Gasteiger partial charge in [-0.2, -0.15) is 0 Å². The van der Waals surface area contributed by atoms with Gasteiger partial charge in [0.2, 0.25) is 0 Å². The van der Waals surface area contributed by atoms with Crippen LogP contribution in [0.3, 0.4) is 0 Å². The van der Waals surface area contributed by atoms with Crippen LogP contribution in [0.15, 0.2) is 35.3 Å². The molecule has 4 heteroatoms. The van der Waals surface area contributed by atoms with E-state index >= 15 is 0 Å². The summed E-state index contributed by atoms with van der Waals surface area (Å²) >= 11 is 0. The first-order valence-electron chi connectivity index (χ1n) is 8.94. The van der Waals surface area contributed by atoms with Crippen molar-refractivity contribution in [1.82, 2.24) is 10.6 Å². The van der Waals surface area contributed by atoms with Crippen LogP contribution in [0, 0.1) is 0 Å². The van der Waals surface area contributed by atoms with E-state index in [0.717, 1.165) is 32.1 Å². The number of hydrogen-bond donors (Lipinski definition) is 2. The van der Waals surface area contributed by atoms with Gasteiger partial charge in [0.1, 0.15) is 0 Å². The quantitative estimate of drug-likeness (QED) is 0.649. The molecule has 1 atom stereocenters. The minimum atomic E-state index is 0.253. The van der Waals surface area contributed by atoms with Gasteiger partial charge in [-0.3, -0.25) is 4.99 Å². The topological polar surface area (TPSA) is 45.7 Å². The monoisotopic (exact) mass is 315 g/mol. The summed E-state index contributed by atoms with van der Waals surface area (Å²) in [4.78, 5) is 4.37. The molecule has 1 saturated heterocycles. The second-order valence-electron chi connectivity index (χ2n) is 6.80. The number of nitrogens with zero attached hydrogens (tertiary/aromatic N) is 1. The van der Waals surface area contributed by atoms with E-state index < -0.39 is 0 Å². The van der Waals surface area contributed by atoms with Gasteiger partial charge in [-0.05, 0) is 31.2 Å². The maximum absolute atomic E-state index is 5.67. The van der Waals surface area contributed by atoms with Gasteiger partial charge in [0, 0.05) is 32.2 Å². The molecular weight excluding hydrogens is 286 g/mol. The molecule has 1 aromatic rings. The molecule has 4 nitrogen and oxygen atoms in total. The minimum absolute atomic E-state index is 0.253. The number of nitrogens with one attached hydrogen (secondary N) is 2. The molecule has 1 unspecified atom stereocenters. The molecule has 1 saturated carbocycles. The van der Waals surface area contributed by atoms with Crippen LogP contribution < -0.4 is 10.6 Å². The van der Waals surface area contributed by atoms with Crippen molar-refractivity contribution in [3.63, 3.8) is 0 Å². The summed E-state index contributed by atoms with van der Waals surface area (Å²) in [5, 5.41) is 6.98. The zero-order chi connectivity index (χ0) is 16.0. The second-order valence-corrected chi connectivity index (χ2v) is 6.80. The second kappa shape index (κ2) is 7.82. The third-order valence-corrected chi connectivity index (χ3v) is 5.29. The first kappa shape index (κ1) is 16.3. The van der Waals surface area contributed by atoms with Gasteiger partial charge in [-0.1, -0.05) is 43.2 Å². The van der Waals surface area contributed by atoms with Gasteiger partial charge < -0.3 is 15.4 Å². The molecule has 0 bridgehead atoms. The van der Waals surface area contributed by atoms with E-state index in [1.807, 2.05) is 7.05 Å². The maximum Gasteiger partial charge on any atom is 0.191 e. The van der Waals surface area contributed by atoms with E-state index in [9.17, 15) is 0 Å². The maximum atomic E-state index is 5.67. The van der Waals surface area contributed by atoms with Crippen molar-refractivity contribution in [2.45, 2.75) is 50.0 Å². The Morgan fingerprint density at radius 3 is 2.61 bits per heavy atom. The van der Waals surface area contributed by atoms with E-state index in [1.165, 1.54) is 37.7 Å². The summed E-state index contributed by atoms with van der Waals surface area (Å²) in [6, 6.07) is 11.0. The summed E-state index contributed by atoms with van der Waals surface area (Å²) in [5.74, 6) is 0.891. The van der Waals surface area contributed by atoms with Crippen molar-refractivity contribution >= 4 is 5.96 Å². The third kappa shape index (κ3) is 4.05. The fourth-order valence-electron chi connectivity index (χ4n) is 3.90. The lowest BCUT2D eigenvalue weighted by molar-refractivity contribution is 0.113. The first-order valence-corrected chi connectivity index (χ1v) is 8.94. The molecule has 2 aliphatic rings. The van der Waals surface area contributed by atoms with E-state index in [2.05, 4.69) is 46.0 Å². The summed E-state index contributed by atoms with van der Waals surface area (Å²) < 4.78 is 5.67. The SMILES string of the molecule is CN=C(NCC1CCCO1)NCC1(c2ccccc2)CCCC1. The largest absolute Gasteiger partial charge is 0.376 e. The van der Waals surface area contributed by atoms with Crippen molar-refractivity contribution in [2.24, 2.45) is 4.99 Å². The van der Waals surface area contributed by atoms with Crippen LogP contribution >= 0.6 is 0 Å². The minimum Gasteiger partial charge on any atom is -0.376 e. The van der Waals surface area contributed by atoms with E-state index in [4.69, 9.17) is 4.74 Å². The van der Waals surface area contributed by atoms with Gasteiger partial charge >= 0.3 is 0 Å². The number of ether oxygens (including phenoxy) is 1.